The lowest BCUT2D eigenvalue weighted by atomic mass is 10.1. The number of hydrogen-bond acceptors (Lipinski definition) is 4. The first kappa shape index (κ1) is 23.8. The summed E-state index contributed by atoms with van der Waals surface area (Å²) in [5.41, 5.74) is -0.000979. The average Bonchev–Trinajstić information content (AvgIpc) is 2.48. The fourth-order valence-corrected chi connectivity index (χ4v) is 3.51. The second-order valence-electron chi connectivity index (χ2n) is 4.66. The van der Waals surface area contributed by atoms with E-state index in [1.165, 1.54) is 30.3 Å². The highest BCUT2D eigenvalue weighted by Crippen LogP contribution is 2.58. The van der Waals surface area contributed by atoms with Gasteiger partial charge in [0.1, 0.15) is 6.10 Å². The summed E-state index contributed by atoms with van der Waals surface area (Å²) in [6.45, 7) is -4.41. The van der Waals surface area contributed by atoms with E-state index >= 15 is 0 Å². The van der Waals surface area contributed by atoms with Crippen molar-refractivity contribution in [3.63, 3.8) is 0 Å². The molecule has 0 aliphatic rings. The zero-order valence-corrected chi connectivity index (χ0v) is 15.5. The summed E-state index contributed by atoms with van der Waals surface area (Å²) in [4.78, 5) is 0. The normalized spacial score (nSPS) is 15.1. The maximum atomic E-state index is 12.3. The van der Waals surface area contributed by atoms with Crippen molar-refractivity contribution >= 4 is 42.6 Å². The molecule has 1 aromatic rings. The molecule has 4 nitrogen and oxygen atoms in total. The second-order valence-corrected chi connectivity index (χ2v) is 8.65. The Labute approximate surface area is 158 Å². The number of phosphoric ester groups is 1. The van der Waals surface area contributed by atoms with E-state index in [-0.39, 0.29) is 5.56 Å². The highest BCUT2D eigenvalue weighted by molar-refractivity contribution is 7.48. The van der Waals surface area contributed by atoms with E-state index in [0.717, 1.165) is 0 Å². The summed E-state index contributed by atoms with van der Waals surface area (Å²) in [5.74, 6) is 0. The van der Waals surface area contributed by atoms with Crippen LogP contribution in [0.25, 0.3) is 0 Å². The summed E-state index contributed by atoms with van der Waals surface area (Å²) in [5, 5.41) is 0. The molecule has 0 aliphatic heterocycles. The predicted molar refractivity (Wildman–Crippen MR) is 82.2 cm³/mol. The summed E-state index contributed by atoms with van der Waals surface area (Å²) in [6.07, 6.45) is -11.9. The lowest BCUT2D eigenvalue weighted by Gasteiger charge is -2.29. The van der Waals surface area contributed by atoms with Crippen molar-refractivity contribution in [3.05, 3.63) is 35.9 Å². The molecule has 0 saturated heterocycles. The first-order valence-electron chi connectivity index (χ1n) is 6.44. The molecule has 14 heteroatoms. The first-order chi connectivity index (χ1) is 11.6. The Balaban J connectivity index is 3.12. The lowest BCUT2D eigenvalue weighted by Crippen LogP contribution is -2.24. The van der Waals surface area contributed by atoms with Crippen LogP contribution in [0.3, 0.4) is 0 Å². The van der Waals surface area contributed by atoms with E-state index in [1.54, 1.807) is 0 Å². The number of halogens is 9. The molecule has 150 valence electrons. The Bertz CT molecular complexity index is 598. The van der Waals surface area contributed by atoms with E-state index in [2.05, 4.69) is 9.05 Å². The van der Waals surface area contributed by atoms with Crippen molar-refractivity contribution in [1.82, 2.24) is 0 Å². The molecule has 1 rings (SSSR count). The predicted octanol–water partition coefficient (Wildman–Crippen LogP) is 6.38. The van der Waals surface area contributed by atoms with E-state index in [4.69, 9.17) is 39.3 Å². The van der Waals surface area contributed by atoms with Crippen LogP contribution in [0.2, 0.25) is 0 Å². The monoisotopic (exact) mass is 468 g/mol. The molecule has 1 aromatic carbocycles. The third kappa shape index (κ3) is 9.12. The van der Waals surface area contributed by atoms with Gasteiger partial charge in [-0.05, 0) is 5.56 Å². The highest BCUT2D eigenvalue weighted by atomic mass is 35.6. The molecule has 26 heavy (non-hydrogen) atoms. The van der Waals surface area contributed by atoms with Gasteiger partial charge in [-0.25, -0.2) is 4.57 Å². The van der Waals surface area contributed by atoms with E-state index in [9.17, 15) is 30.9 Å². The zero-order chi connectivity index (χ0) is 20.2. The van der Waals surface area contributed by atoms with Gasteiger partial charge in [-0.3, -0.25) is 13.6 Å². The van der Waals surface area contributed by atoms with E-state index in [1.807, 2.05) is 0 Å². The Hall–Kier alpha value is -0.220. The van der Waals surface area contributed by atoms with Gasteiger partial charge in [0.15, 0.2) is 13.2 Å². The molecule has 0 heterocycles. The molecular formula is C12H10Cl3F6O4P. The van der Waals surface area contributed by atoms with Crippen LogP contribution < -0.4 is 0 Å². The molecule has 0 bridgehead atoms. The SMILES string of the molecule is O=P(OCC(F)(F)F)(OCC(F)(F)F)O[C@@H](c1ccccc1)C(Cl)(Cl)Cl. The van der Waals surface area contributed by atoms with Crippen LogP contribution in [0.15, 0.2) is 30.3 Å². The molecule has 0 saturated carbocycles. The Kier molecular flexibility index (Phi) is 8.11. The molecule has 1 atom stereocenters. The average molecular weight is 470 g/mol. The van der Waals surface area contributed by atoms with Crippen molar-refractivity contribution < 1.29 is 44.5 Å². The maximum absolute atomic E-state index is 12.3. The van der Waals surface area contributed by atoms with Crippen LogP contribution in [-0.4, -0.2) is 29.4 Å². The van der Waals surface area contributed by atoms with Crippen molar-refractivity contribution in [2.75, 3.05) is 13.2 Å². The molecule has 0 fully saturated rings. The first-order valence-corrected chi connectivity index (χ1v) is 9.03. The largest absolute Gasteiger partial charge is 0.476 e. The van der Waals surface area contributed by atoms with Gasteiger partial charge < -0.3 is 0 Å². The molecule has 0 aromatic heterocycles. The third-order valence-corrected chi connectivity index (χ3v) is 4.36. The fourth-order valence-electron chi connectivity index (χ4n) is 1.47. The van der Waals surface area contributed by atoms with Crippen molar-refractivity contribution in [2.24, 2.45) is 0 Å². The van der Waals surface area contributed by atoms with Crippen molar-refractivity contribution in [2.45, 2.75) is 22.2 Å². The summed E-state index contributed by atoms with van der Waals surface area (Å²) >= 11 is 16.9. The number of alkyl halides is 9. The Morgan fingerprint density at radius 3 is 1.65 bits per heavy atom. The smallest absolute Gasteiger partial charge is 0.277 e. The maximum Gasteiger partial charge on any atom is 0.476 e. The minimum atomic E-state index is -5.42. The summed E-state index contributed by atoms with van der Waals surface area (Å²) < 4.78 is 96.2. The van der Waals surface area contributed by atoms with Crippen LogP contribution in [0.1, 0.15) is 11.7 Å². The summed E-state index contributed by atoms with van der Waals surface area (Å²) in [6, 6.07) is 6.92. The molecule has 0 spiro atoms. The summed E-state index contributed by atoms with van der Waals surface area (Å²) in [7, 11) is -5.42. The quantitative estimate of drug-likeness (QED) is 0.264. The highest BCUT2D eigenvalue weighted by Gasteiger charge is 2.46. The topological polar surface area (TPSA) is 44.8 Å². The molecular weight excluding hydrogens is 459 g/mol. The zero-order valence-electron chi connectivity index (χ0n) is 12.4. The van der Waals surface area contributed by atoms with E-state index < -0.39 is 43.3 Å². The second kappa shape index (κ2) is 8.86. The van der Waals surface area contributed by atoms with Gasteiger partial charge in [-0.1, -0.05) is 65.1 Å². The van der Waals surface area contributed by atoms with Crippen LogP contribution in [0, 0.1) is 0 Å². The van der Waals surface area contributed by atoms with Crippen LogP contribution >= 0.6 is 42.6 Å². The van der Waals surface area contributed by atoms with Gasteiger partial charge in [-0.15, -0.1) is 0 Å². The third-order valence-electron chi connectivity index (χ3n) is 2.41. The molecule has 0 aliphatic carbocycles. The molecule has 0 N–H and O–H groups in total. The lowest BCUT2D eigenvalue weighted by molar-refractivity contribution is -0.171. The van der Waals surface area contributed by atoms with Gasteiger partial charge >= 0.3 is 20.2 Å². The minimum absolute atomic E-state index is 0.000979. The molecule has 0 radical (unpaired) electrons. The molecule has 0 unspecified atom stereocenters. The van der Waals surface area contributed by atoms with Gasteiger partial charge in [0.2, 0.25) is 3.79 Å². The Morgan fingerprint density at radius 1 is 0.885 bits per heavy atom. The van der Waals surface area contributed by atoms with Crippen molar-refractivity contribution in [1.29, 1.82) is 0 Å². The number of phosphoric acid groups is 1. The number of hydrogen-bond donors (Lipinski definition) is 0. The van der Waals surface area contributed by atoms with Gasteiger partial charge in [-0.2, -0.15) is 26.3 Å². The van der Waals surface area contributed by atoms with Crippen LogP contribution in [0.5, 0.6) is 0 Å². The van der Waals surface area contributed by atoms with Crippen molar-refractivity contribution in [3.8, 4) is 0 Å². The number of benzene rings is 1. The van der Waals surface area contributed by atoms with Crippen LogP contribution in [0.4, 0.5) is 26.3 Å². The van der Waals surface area contributed by atoms with Gasteiger partial charge in [0.25, 0.3) is 0 Å². The standard InChI is InChI=1S/C12H10Cl3F6O4P/c13-12(14,15)9(8-4-2-1-3-5-8)25-26(22,23-6-10(16,17)18)24-7-11(19,20)21/h1-5,9H,6-7H2/t9-/m0/s1. The Morgan fingerprint density at radius 2 is 1.31 bits per heavy atom. The molecule has 0 amide bonds. The van der Waals surface area contributed by atoms with Gasteiger partial charge in [0.05, 0.1) is 0 Å². The van der Waals surface area contributed by atoms with Crippen LogP contribution in [-0.2, 0) is 18.1 Å². The fraction of sp³-hybridized carbons (Fsp3) is 0.500. The number of rotatable bonds is 7. The van der Waals surface area contributed by atoms with E-state index in [0.29, 0.717) is 0 Å². The minimum Gasteiger partial charge on any atom is -0.277 e. The van der Waals surface area contributed by atoms with Gasteiger partial charge in [0, 0.05) is 0 Å².